The molecule has 7 nitrogen and oxygen atoms in total. The van der Waals surface area contributed by atoms with E-state index in [1.165, 1.54) is 24.3 Å². The Bertz CT molecular complexity index is 859. The summed E-state index contributed by atoms with van der Waals surface area (Å²) < 4.78 is 23.1. The van der Waals surface area contributed by atoms with Crippen molar-refractivity contribution in [2.75, 3.05) is 6.61 Å². The number of pyridine rings is 1. The number of ether oxygens (including phenoxy) is 2. The van der Waals surface area contributed by atoms with Crippen molar-refractivity contribution >= 4 is 11.8 Å². The lowest BCUT2D eigenvalue weighted by atomic mass is 10.1. The number of hydrogen-bond donors (Lipinski definition) is 1. The van der Waals surface area contributed by atoms with Gasteiger partial charge in [-0.25, -0.2) is 9.37 Å². The molecule has 0 atom stereocenters. The Morgan fingerprint density at radius 3 is 2.58 bits per heavy atom. The van der Waals surface area contributed by atoms with Crippen LogP contribution in [-0.2, 0) is 9.53 Å². The Morgan fingerprint density at radius 1 is 1.27 bits per heavy atom. The first-order valence-electron chi connectivity index (χ1n) is 7.71. The molecule has 0 fully saturated rings. The number of benzene rings is 1. The molecule has 0 radical (unpaired) electrons. The Labute approximate surface area is 148 Å². The van der Waals surface area contributed by atoms with E-state index in [1.807, 2.05) is 0 Å². The molecule has 0 aliphatic heterocycles. The van der Waals surface area contributed by atoms with Gasteiger partial charge in [0.2, 0.25) is 5.88 Å². The van der Waals surface area contributed by atoms with E-state index < -0.39 is 23.3 Å². The highest BCUT2D eigenvalue weighted by molar-refractivity contribution is 5.98. The fraction of sp³-hybridized carbons (Fsp3) is 0.222. The quantitative estimate of drug-likeness (QED) is 0.598. The largest absolute Gasteiger partial charge is 0.504 e. The molecule has 1 heterocycles. The van der Waals surface area contributed by atoms with Gasteiger partial charge >= 0.3 is 5.97 Å². The number of aromatic nitrogens is 1. The van der Waals surface area contributed by atoms with Gasteiger partial charge in [0.1, 0.15) is 23.2 Å². The summed E-state index contributed by atoms with van der Waals surface area (Å²) in [6.07, 6.45) is -0.428. The van der Waals surface area contributed by atoms with Crippen LogP contribution < -0.4 is 4.74 Å². The topological polar surface area (TPSA) is 110 Å². The van der Waals surface area contributed by atoms with Gasteiger partial charge in [0.15, 0.2) is 17.2 Å². The van der Waals surface area contributed by atoms with E-state index in [4.69, 9.17) is 14.7 Å². The summed E-state index contributed by atoms with van der Waals surface area (Å²) in [6, 6.07) is 7.93. The maximum atomic E-state index is 12.9. The molecule has 0 bridgehead atoms. The lowest BCUT2D eigenvalue weighted by Crippen LogP contribution is -2.10. The minimum absolute atomic E-state index is 0.120. The maximum absolute atomic E-state index is 12.9. The molecule has 0 amide bonds. The molecule has 26 heavy (non-hydrogen) atoms. The van der Waals surface area contributed by atoms with Crippen LogP contribution in [-0.4, -0.2) is 28.4 Å². The van der Waals surface area contributed by atoms with Crippen LogP contribution in [0, 0.1) is 17.1 Å². The van der Waals surface area contributed by atoms with E-state index in [0.29, 0.717) is 0 Å². The smallest absolute Gasteiger partial charge is 0.306 e. The molecule has 1 aromatic carbocycles. The maximum Gasteiger partial charge on any atom is 0.306 e. The second-order valence-corrected chi connectivity index (χ2v) is 5.10. The van der Waals surface area contributed by atoms with Crippen LogP contribution in [0.3, 0.4) is 0 Å². The fourth-order valence-corrected chi connectivity index (χ4v) is 2.04. The molecule has 0 aliphatic rings. The normalized spacial score (nSPS) is 10.0. The van der Waals surface area contributed by atoms with Crippen LogP contribution in [0.4, 0.5) is 4.39 Å². The third-order valence-electron chi connectivity index (χ3n) is 3.25. The van der Waals surface area contributed by atoms with Crippen LogP contribution in [0.5, 0.6) is 17.4 Å². The lowest BCUT2D eigenvalue weighted by Gasteiger charge is -2.09. The Hall–Kier alpha value is -3.47. The average Bonchev–Trinajstić information content (AvgIpc) is 2.63. The van der Waals surface area contributed by atoms with Gasteiger partial charge < -0.3 is 14.6 Å². The van der Waals surface area contributed by atoms with Crippen molar-refractivity contribution in [1.29, 1.82) is 5.26 Å². The van der Waals surface area contributed by atoms with Gasteiger partial charge in [0.05, 0.1) is 13.0 Å². The van der Waals surface area contributed by atoms with Crippen LogP contribution >= 0.6 is 0 Å². The zero-order chi connectivity index (χ0) is 19.1. The monoisotopic (exact) mass is 358 g/mol. The summed E-state index contributed by atoms with van der Waals surface area (Å²) >= 11 is 0. The van der Waals surface area contributed by atoms with E-state index >= 15 is 0 Å². The minimum atomic E-state index is -0.642. The molecule has 0 aliphatic carbocycles. The van der Waals surface area contributed by atoms with Crippen molar-refractivity contribution < 1.29 is 28.6 Å². The van der Waals surface area contributed by atoms with Gasteiger partial charge in [-0.05, 0) is 31.2 Å². The summed E-state index contributed by atoms with van der Waals surface area (Å²) in [5, 5.41) is 19.1. The van der Waals surface area contributed by atoms with Gasteiger partial charge in [-0.2, -0.15) is 5.26 Å². The summed E-state index contributed by atoms with van der Waals surface area (Å²) in [6.45, 7) is 1.83. The summed E-state index contributed by atoms with van der Waals surface area (Å²) in [5.74, 6) is -2.13. The summed E-state index contributed by atoms with van der Waals surface area (Å²) in [4.78, 5) is 27.5. The van der Waals surface area contributed by atoms with Crippen LogP contribution in [0.25, 0.3) is 0 Å². The molecule has 1 N–H and O–H groups in total. The predicted molar refractivity (Wildman–Crippen MR) is 87.3 cm³/mol. The number of carbonyl (C=O) groups is 2. The first kappa shape index (κ1) is 18.9. The average molecular weight is 358 g/mol. The van der Waals surface area contributed by atoms with E-state index in [2.05, 4.69) is 4.98 Å². The van der Waals surface area contributed by atoms with Crippen molar-refractivity contribution in [2.24, 2.45) is 0 Å². The van der Waals surface area contributed by atoms with Crippen LogP contribution in [0.1, 0.15) is 35.8 Å². The minimum Gasteiger partial charge on any atom is -0.504 e. The number of nitrogens with zero attached hydrogens (tertiary/aromatic N) is 2. The van der Waals surface area contributed by atoms with Gasteiger partial charge in [-0.3, -0.25) is 9.59 Å². The van der Waals surface area contributed by atoms with Gasteiger partial charge in [0.25, 0.3) is 0 Å². The molecule has 2 aromatic rings. The third kappa shape index (κ3) is 4.77. The Morgan fingerprint density at radius 2 is 1.96 bits per heavy atom. The summed E-state index contributed by atoms with van der Waals surface area (Å²) in [5.41, 5.74) is -0.595. The molecule has 1 aromatic heterocycles. The molecule has 0 spiro atoms. The van der Waals surface area contributed by atoms with Crippen LogP contribution in [0.15, 0.2) is 30.3 Å². The molecule has 0 saturated heterocycles. The number of rotatable bonds is 7. The molecular weight excluding hydrogens is 343 g/mol. The number of hydrogen-bond acceptors (Lipinski definition) is 7. The van der Waals surface area contributed by atoms with Crippen LogP contribution in [0.2, 0.25) is 0 Å². The third-order valence-corrected chi connectivity index (χ3v) is 3.25. The molecule has 8 heteroatoms. The number of ketones is 1. The van der Waals surface area contributed by atoms with Crippen molar-refractivity contribution in [3.63, 3.8) is 0 Å². The van der Waals surface area contributed by atoms with Gasteiger partial charge in [0, 0.05) is 12.5 Å². The van der Waals surface area contributed by atoms with Gasteiger partial charge in [-0.15, -0.1) is 0 Å². The highest BCUT2D eigenvalue weighted by Crippen LogP contribution is 2.28. The number of nitriles is 1. The number of Topliss-reactive ketones (excluding diaryl/α,β-unsaturated/α-hetero) is 1. The molecular formula is C18H15FN2O5. The highest BCUT2D eigenvalue weighted by Gasteiger charge is 2.20. The molecule has 0 saturated carbocycles. The standard InChI is InChI=1S/C18H15FN2O5/c1-2-25-16(23)8-7-14(22)17-18(24)11(10-20)9-15(21-17)26-13-5-3-12(19)4-6-13/h3-6,9,24H,2,7-8H2,1H3. The second-order valence-electron chi connectivity index (χ2n) is 5.10. The zero-order valence-electron chi connectivity index (χ0n) is 13.9. The molecule has 0 unspecified atom stereocenters. The SMILES string of the molecule is CCOC(=O)CCC(=O)c1nc(Oc2ccc(F)cc2)cc(C#N)c1O. The first-order valence-corrected chi connectivity index (χ1v) is 7.71. The number of esters is 1. The first-order chi connectivity index (χ1) is 12.4. The Kier molecular flexibility index (Phi) is 6.22. The number of carbonyl (C=O) groups excluding carboxylic acids is 2. The van der Waals surface area contributed by atoms with E-state index in [-0.39, 0.29) is 42.3 Å². The van der Waals surface area contributed by atoms with Crippen molar-refractivity contribution in [3.05, 3.63) is 47.4 Å². The number of aromatic hydroxyl groups is 1. The molecule has 2 rings (SSSR count). The number of halogens is 1. The zero-order valence-corrected chi connectivity index (χ0v) is 13.9. The molecule has 134 valence electrons. The van der Waals surface area contributed by atoms with Crippen molar-refractivity contribution in [2.45, 2.75) is 19.8 Å². The van der Waals surface area contributed by atoms with Crippen molar-refractivity contribution in [1.82, 2.24) is 4.98 Å². The van der Waals surface area contributed by atoms with Crippen molar-refractivity contribution in [3.8, 4) is 23.4 Å². The Balaban J connectivity index is 2.25. The van der Waals surface area contributed by atoms with Gasteiger partial charge in [-0.1, -0.05) is 0 Å². The second kappa shape index (κ2) is 8.58. The lowest BCUT2D eigenvalue weighted by molar-refractivity contribution is -0.143. The summed E-state index contributed by atoms with van der Waals surface area (Å²) in [7, 11) is 0. The van der Waals surface area contributed by atoms with E-state index in [9.17, 15) is 19.1 Å². The highest BCUT2D eigenvalue weighted by atomic mass is 19.1. The van der Waals surface area contributed by atoms with E-state index in [0.717, 1.165) is 6.07 Å². The predicted octanol–water partition coefficient (Wildman–Crippen LogP) is 3.12. The fourth-order valence-electron chi connectivity index (χ4n) is 2.04. The van der Waals surface area contributed by atoms with E-state index in [1.54, 1.807) is 13.0 Å².